The quantitative estimate of drug-likeness (QED) is 0.350. The number of hydrogen-bond donors (Lipinski definition) is 1. The molecule has 1 aromatic heterocycles. The number of ether oxygens (including phenoxy) is 2. The SMILES string of the molecule is COc1ccc(CN2C(=O)NC(c3ccc(C)cc3)C(c3nc(-c4cccc(OC)c4)no3)=C2C)cc1. The predicted octanol–water partition coefficient (Wildman–Crippen LogP) is 5.76. The van der Waals surface area contributed by atoms with Crippen molar-refractivity contribution in [2.75, 3.05) is 14.2 Å². The van der Waals surface area contributed by atoms with E-state index in [2.05, 4.69) is 10.5 Å². The number of allylic oxidation sites excluding steroid dienone is 1. The van der Waals surface area contributed by atoms with Gasteiger partial charge in [0.05, 0.1) is 32.4 Å². The number of benzene rings is 3. The van der Waals surface area contributed by atoms with Crippen molar-refractivity contribution in [1.82, 2.24) is 20.4 Å². The van der Waals surface area contributed by atoms with Gasteiger partial charge in [-0.2, -0.15) is 4.98 Å². The molecule has 188 valence electrons. The average Bonchev–Trinajstić information content (AvgIpc) is 3.41. The van der Waals surface area contributed by atoms with E-state index in [9.17, 15) is 4.79 Å². The lowest BCUT2D eigenvalue weighted by Gasteiger charge is -2.35. The van der Waals surface area contributed by atoms with Crippen molar-refractivity contribution in [3.05, 3.63) is 101 Å². The summed E-state index contributed by atoms with van der Waals surface area (Å²) in [6.07, 6.45) is 0. The fraction of sp³-hybridized carbons (Fsp3) is 0.207. The minimum Gasteiger partial charge on any atom is -0.497 e. The third-order valence-electron chi connectivity index (χ3n) is 6.49. The monoisotopic (exact) mass is 496 g/mol. The summed E-state index contributed by atoms with van der Waals surface area (Å²) in [5.41, 5.74) is 5.29. The molecule has 2 amide bonds. The molecule has 1 N–H and O–H groups in total. The maximum absolute atomic E-state index is 13.3. The molecule has 3 aromatic carbocycles. The Bertz CT molecular complexity index is 1440. The van der Waals surface area contributed by atoms with Gasteiger partial charge < -0.3 is 19.3 Å². The molecule has 1 unspecified atom stereocenters. The molecule has 8 heteroatoms. The summed E-state index contributed by atoms with van der Waals surface area (Å²) in [6.45, 7) is 4.32. The number of aromatic nitrogens is 2. The lowest BCUT2D eigenvalue weighted by Crippen LogP contribution is -2.45. The molecule has 0 spiro atoms. The lowest BCUT2D eigenvalue weighted by atomic mass is 9.94. The number of carbonyl (C=O) groups excluding carboxylic acids is 1. The molecule has 2 heterocycles. The standard InChI is InChI=1S/C29H28N4O4/c1-18-8-12-21(13-9-18)26-25(28-31-27(32-37-28)22-6-5-7-24(16-22)36-4)19(2)33(29(34)30-26)17-20-10-14-23(35-3)15-11-20/h5-16,26H,17H2,1-4H3,(H,30,34). The highest BCUT2D eigenvalue weighted by Gasteiger charge is 2.35. The molecule has 1 atom stereocenters. The lowest BCUT2D eigenvalue weighted by molar-refractivity contribution is 0.203. The molecule has 1 aliphatic rings. The first-order valence-electron chi connectivity index (χ1n) is 11.9. The minimum atomic E-state index is -0.446. The average molecular weight is 497 g/mol. The molecule has 37 heavy (non-hydrogen) atoms. The minimum absolute atomic E-state index is 0.199. The maximum Gasteiger partial charge on any atom is 0.322 e. The van der Waals surface area contributed by atoms with E-state index in [1.807, 2.05) is 86.6 Å². The van der Waals surface area contributed by atoms with Gasteiger partial charge in [0.2, 0.25) is 5.82 Å². The van der Waals surface area contributed by atoms with Gasteiger partial charge in [-0.1, -0.05) is 59.3 Å². The molecule has 0 saturated heterocycles. The molecule has 5 rings (SSSR count). The summed E-state index contributed by atoms with van der Waals surface area (Å²) in [4.78, 5) is 19.8. The van der Waals surface area contributed by atoms with Crippen LogP contribution >= 0.6 is 0 Å². The first kappa shape index (κ1) is 24.1. The van der Waals surface area contributed by atoms with Gasteiger partial charge >= 0.3 is 6.03 Å². The Morgan fingerprint density at radius 1 is 0.946 bits per heavy atom. The van der Waals surface area contributed by atoms with Crippen LogP contribution in [0.5, 0.6) is 11.5 Å². The number of nitrogens with zero attached hydrogens (tertiary/aromatic N) is 3. The van der Waals surface area contributed by atoms with Crippen molar-refractivity contribution in [2.45, 2.75) is 26.4 Å². The van der Waals surface area contributed by atoms with Gasteiger partial charge in [-0.3, -0.25) is 4.90 Å². The van der Waals surface area contributed by atoms with Crippen molar-refractivity contribution in [3.8, 4) is 22.9 Å². The van der Waals surface area contributed by atoms with Gasteiger partial charge in [0.1, 0.15) is 11.5 Å². The van der Waals surface area contributed by atoms with E-state index in [1.54, 1.807) is 19.1 Å². The molecule has 8 nitrogen and oxygen atoms in total. The zero-order valence-corrected chi connectivity index (χ0v) is 21.2. The van der Waals surface area contributed by atoms with Crippen LogP contribution in [0.1, 0.15) is 35.5 Å². The Hall–Kier alpha value is -4.59. The van der Waals surface area contributed by atoms with Gasteiger partial charge in [-0.05, 0) is 49.2 Å². The van der Waals surface area contributed by atoms with Crippen LogP contribution in [0.25, 0.3) is 17.0 Å². The normalized spacial score (nSPS) is 15.5. The number of nitrogens with one attached hydrogen (secondary N) is 1. The van der Waals surface area contributed by atoms with Crippen LogP contribution in [-0.2, 0) is 6.54 Å². The number of amides is 2. The van der Waals surface area contributed by atoms with Crippen LogP contribution in [0, 0.1) is 6.92 Å². The van der Waals surface area contributed by atoms with Crippen molar-refractivity contribution in [2.24, 2.45) is 0 Å². The number of hydrogen-bond acceptors (Lipinski definition) is 6. The zero-order valence-electron chi connectivity index (χ0n) is 21.2. The third kappa shape index (κ3) is 4.91. The molecule has 0 fully saturated rings. The molecule has 0 bridgehead atoms. The van der Waals surface area contributed by atoms with E-state index in [-0.39, 0.29) is 6.03 Å². The van der Waals surface area contributed by atoms with Gasteiger partial charge in [0.25, 0.3) is 5.89 Å². The Morgan fingerprint density at radius 2 is 1.68 bits per heavy atom. The highest BCUT2D eigenvalue weighted by Crippen LogP contribution is 2.38. The molecular weight excluding hydrogens is 468 g/mol. The van der Waals surface area contributed by atoms with Crippen molar-refractivity contribution >= 4 is 11.6 Å². The van der Waals surface area contributed by atoms with Crippen molar-refractivity contribution in [3.63, 3.8) is 0 Å². The van der Waals surface area contributed by atoms with Crippen LogP contribution in [-0.4, -0.2) is 35.3 Å². The summed E-state index contributed by atoms with van der Waals surface area (Å²) < 4.78 is 16.4. The number of aryl methyl sites for hydroxylation is 1. The second-order valence-corrected chi connectivity index (χ2v) is 8.88. The van der Waals surface area contributed by atoms with E-state index < -0.39 is 6.04 Å². The first-order chi connectivity index (χ1) is 18.0. The van der Waals surface area contributed by atoms with E-state index in [1.165, 1.54) is 0 Å². The zero-order chi connectivity index (χ0) is 25.9. The summed E-state index contributed by atoms with van der Waals surface area (Å²) >= 11 is 0. The summed E-state index contributed by atoms with van der Waals surface area (Å²) in [5, 5.41) is 7.39. The first-order valence-corrected chi connectivity index (χ1v) is 11.9. The summed E-state index contributed by atoms with van der Waals surface area (Å²) in [7, 11) is 3.24. The highest BCUT2D eigenvalue weighted by molar-refractivity contribution is 5.87. The number of urea groups is 1. The number of methoxy groups -OCH3 is 2. The molecule has 4 aromatic rings. The number of carbonyl (C=O) groups is 1. The smallest absolute Gasteiger partial charge is 0.322 e. The van der Waals surface area contributed by atoms with Crippen LogP contribution in [0.4, 0.5) is 4.79 Å². The summed E-state index contributed by atoms with van der Waals surface area (Å²) in [5.74, 6) is 2.25. The van der Waals surface area contributed by atoms with Crippen LogP contribution < -0.4 is 14.8 Å². The van der Waals surface area contributed by atoms with Crippen LogP contribution in [0.2, 0.25) is 0 Å². The molecule has 0 radical (unpaired) electrons. The molecular formula is C29H28N4O4. The Labute approximate surface area is 215 Å². The Balaban J connectivity index is 1.57. The van der Waals surface area contributed by atoms with E-state index in [0.29, 0.717) is 24.0 Å². The largest absolute Gasteiger partial charge is 0.497 e. The molecule has 0 saturated carbocycles. The van der Waals surface area contributed by atoms with Crippen molar-refractivity contribution in [1.29, 1.82) is 0 Å². The van der Waals surface area contributed by atoms with Gasteiger partial charge in [-0.15, -0.1) is 0 Å². The van der Waals surface area contributed by atoms with Crippen LogP contribution in [0.3, 0.4) is 0 Å². The molecule has 1 aliphatic heterocycles. The topological polar surface area (TPSA) is 89.7 Å². The van der Waals surface area contributed by atoms with Crippen molar-refractivity contribution < 1.29 is 18.8 Å². The second kappa shape index (κ2) is 10.2. The van der Waals surface area contributed by atoms with Crippen LogP contribution in [0.15, 0.2) is 83.0 Å². The third-order valence-corrected chi connectivity index (χ3v) is 6.49. The van der Waals surface area contributed by atoms with Gasteiger partial charge in [0.15, 0.2) is 0 Å². The van der Waals surface area contributed by atoms with E-state index in [0.717, 1.165) is 39.3 Å². The summed E-state index contributed by atoms with van der Waals surface area (Å²) in [6, 6.07) is 22.5. The second-order valence-electron chi connectivity index (χ2n) is 8.88. The predicted molar refractivity (Wildman–Crippen MR) is 140 cm³/mol. The van der Waals surface area contributed by atoms with Gasteiger partial charge in [-0.25, -0.2) is 4.79 Å². The fourth-order valence-electron chi connectivity index (χ4n) is 4.38. The van der Waals surface area contributed by atoms with E-state index in [4.69, 9.17) is 19.0 Å². The van der Waals surface area contributed by atoms with E-state index >= 15 is 0 Å². The fourth-order valence-corrected chi connectivity index (χ4v) is 4.38. The number of rotatable bonds is 7. The highest BCUT2D eigenvalue weighted by atomic mass is 16.5. The Morgan fingerprint density at radius 3 is 2.38 bits per heavy atom. The Kier molecular flexibility index (Phi) is 6.64. The maximum atomic E-state index is 13.3. The molecule has 0 aliphatic carbocycles. The van der Waals surface area contributed by atoms with Gasteiger partial charge in [0, 0.05) is 11.3 Å².